The van der Waals surface area contributed by atoms with Crippen molar-refractivity contribution in [3.8, 4) is 73.0 Å². The van der Waals surface area contributed by atoms with Gasteiger partial charge in [-0.25, -0.2) is 19.9 Å². The molecule has 0 spiro atoms. The van der Waals surface area contributed by atoms with Crippen LogP contribution in [0.15, 0.2) is 309 Å². The zero-order chi connectivity index (χ0) is 58.0. The Bertz CT molecular complexity index is 5130. The Labute approximate surface area is 504 Å². The van der Waals surface area contributed by atoms with E-state index in [2.05, 4.69) is 298 Å². The van der Waals surface area contributed by atoms with E-state index in [4.69, 9.17) is 9.98 Å². The topological polar surface area (TPSA) is 81.7 Å². The third kappa shape index (κ3) is 10.3. The number of fused-ring (bicyclic) bond motifs is 4. The summed E-state index contributed by atoms with van der Waals surface area (Å²) in [4.78, 5) is 29.1. The van der Waals surface area contributed by atoms with Crippen LogP contribution in [0.4, 0.5) is 0 Å². The van der Waals surface area contributed by atoms with Gasteiger partial charge in [-0.2, -0.15) is 0 Å². The molecule has 0 bridgehead atoms. The number of pyridine rings is 2. The van der Waals surface area contributed by atoms with Gasteiger partial charge in [-0.15, -0.1) is 0 Å². The number of hydrogen-bond acceptors (Lipinski definition) is 6. The van der Waals surface area contributed by atoms with Crippen molar-refractivity contribution >= 4 is 60.3 Å². The molecule has 410 valence electrons. The van der Waals surface area contributed by atoms with Crippen LogP contribution in [0.1, 0.15) is 29.2 Å². The van der Waals surface area contributed by atoms with E-state index < -0.39 is 0 Å². The van der Waals surface area contributed by atoms with Gasteiger partial charge < -0.3 is 0 Å². The molecule has 15 rings (SSSR count). The second-order valence-corrected chi connectivity index (χ2v) is 22.0. The Morgan fingerprint density at radius 2 is 1.03 bits per heavy atom. The van der Waals surface area contributed by atoms with Crippen molar-refractivity contribution in [3.63, 3.8) is 0 Å². The molecule has 7 heteroatoms. The normalized spacial score (nSPS) is 12.0. The lowest BCUT2D eigenvalue weighted by Gasteiger charge is -2.16. The van der Waals surface area contributed by atoms with Gasteiger partial charge in [0, 0.05) is 75.6 Å². The van der Waals surface area contributed by atoms with Gasteiger partial charge in [0.25, 0.3) is 0 Å². The third-order valence-corrected chi connectivity index (χ3v) is 16.5. The van der Waals surface area contributed by atoms with E-state index in [0.717, 1.165) is 122 Å². The first-order valence-corrected chi connectivity index (χ1v) is 29.3. The van der Waals surface area contributed by atoms with Crippen molar-refractivity contribution < 1.29 is 0 Å². The average Bonchev–Trinajstić information content (AvgIpc) is 3.96. The number of hydrogen-bond donors (Lipinski definition) is 0. The largest absolute Gasteiger partial charge is 0.292 e. The monoisotopic (exact) mass is 1110 g/mol. The standard InChI is InChI=1S/C80H55N7/c1-53(85-76(57-21-7-3-8-22-57)74(56-19-5-2-6-20-56)44-54-17-13-27-65(43-54)71-32-16-30-69-50-81-41-39-73(69)71)59-34-35-64-46-63(37-36-62(64)45-59)61-26-14-29-67(47-61)77-78(58-23-9-4-10-24-58)87(80(86-77)68-38-33-55-18-11-12-25-60(55)48-68)70-31-15-28-66(49-70)72-40-42-83-79-75(72)51-82-52-84-79/h2-43,45-52H,44H2,1H3/b76-74+,85-53?. The number of aliphatic imine (C=N–C) groups is 1. The number of benzene rings is 11. The van der Waals surface area contributed by atoms with Gasteiger partial charge in [0.05, 0.1) is 17.1 Å². The first kappa shape index (κ1) is 52.3. The fourth-order valence-electron chi connectivity index (χ4n) is 12.2. The number of imidazole rings is 1. The van der Waals surface area contributed by atoms with E-state index in [1.165, 1.54) is 27.5 Å². The second kappa shape index (κ2) is 22.9. The maximum Gasteiger partial charge on any atom is 0.163 e. The Kier molecular flexibility index (Phi) is 13.8. The molecule has 0 aliphatic heterocycles. The maximum atomic E-state index is 5.70. The van der Waals surface area contributed by atoms with Gasteiger partial charge >= 0.3 is 0 Å². The lowest BCUT2D eigenvalue weighted by atomic mass is 9.91. The molecule has 4 aromatic heterocycles. The molecular formula is C80H55N7. The molecule has 87 heavy (non-hydrogen) atoms. The zero-order valence-electron chi connectivity index (χ0n) is 47.7. The van der Waals surface area contributed by atoms with Crippen molar-refractivity contribution in [2.24, 2.45) is 4.99 Å². The molecule has 4 heterocycles. The molecule has 0 saturated heterocycles. The van der Waals surface area contributed by atoms with Gasteiger partial charge in [0.2, 0.25) is 0 Å². The number of rotatable bonds is 13. The minimum Gasteiger partial charge on any atom is -0.292 e. The predicted molar refractivity (Wildman–Crippen MR) is 359 cm³/mol. The van der Waals surface area contributed by atoms with Crippen LogP contribution in [-0.2, 0) is 6.42 Å². The Morgan fingerprint density at radius 1 is 0.402 bits per heavy atom. The maximum absolute atomic E-state index is 5.70. The van der Waals surface area contributed by atoms with Gasteiger partial charge in [-0.05, 0) is 138 Å². The fraction of sp³-hybridized carbons (Fsp3) is 0.0250. The molecule has 0 aliphatic rings. The summed E-state index contributed by atoms with van der Waals surface area (Å²) in [6.07, 6.45) is 9.69. The molecule has 0 saturated carbocycles. The fourth-order valence-corrected chi connectivity index (χ4v) is 12.2. The van der Waals surface area contributed by atoms with E-state index in [1.807, 2.05) is 30.9 Å². The van der Waals surface area contributed by atoms with Crippen LogP contribution in [0.25, 0.3) is 128 Å². The summed E-state index contributed by atoms with van der Waals surface area (Å²) in [7, 11) is 0. The van der Waals surface area contributed by atoms with Crippen LogP contribution >= 0.6 is 0 Å². The van der Waals surface area contributed by atoms with Crippen LogP contribution in [0, 0.1) is 0 Å². The summed E-state index contributed by atoms with van der Waals surface area (Å²) >= 11 is 0. The number of aromatic nitrogens is 6. The summed E-state index contributed by atoms with van der Waals surface area (Å²) in [5.41, 5.74) is 20.7. The first-order chi connectivity index (χ1) is 43.0. The van der Waals surface area contributed by atoms with Crippen LogP contribution in [0.3, 0.4) is 0 Å². The SMILES string of the molecule is CC(=N/C(=C(\Cc1cccc(-c2cccc3cnccc23)c1)c1ccccc1)c1ccccc1)c1ccc2cc(-c3cccc(-c4nc(-c5ccc6ccccc6c5)n(-c5cccc(-c6ccnc7ncncc67)c5)c4-c4ccccc4)c3)ccc2c1. The van der Waals surface area contributed by atoms with E-state index >= 15 is 0 Å². The molecule has 0 amide bonds. The molecular weight excluding hydrogens is 1060 g/mol. The molecule has 15 aromatic rings. The Morgan fingerprint density at radius 3 is 1.90 bits per heavy atom. The third-order valence-electron chi connectivity index (χ3n) is 16.5. The van der Waals surface area contributed by atoms with Crippen molar-refractivity contribution in [1.29, 1.82) is 0 Å². The highest BCUT2D eigenvalue weighted by molar-refractivity contribution is 6.07. The second-order valence-electron chi connectivity index (χ2n) is 22.0. The summed E-state index contributed by atoms with van der Waals surface area (Å²) in [6.45, 7) is 2.13. The first-order valence-electron chi connectivity index (χ1n) is 29.3. The minimum absolute atomic E-state index is 0.653. The van der Waals surface area contributed by atoms with Crippen molar-refractivity contribution in [1.82, 2.24) is 29.5 Å². The molecule has 0 unspecified atom stereocenters. The zero-order valence-corrected chi connectivity index (χ0v) is 47.7. The Hall–Kier alpha value is -11.5. The van der Waals surface area contributed by atoms with E-state index in [0.29, 0.717) is 12.1 Å². The molecule has 0 aliphatic carbocycles. The summed E-state index contributed by atoms with van der Waals surface area (Å²) in [6, 6.07) is 97.6. The highest BCUT2D eigenvalue weighted by Gasteiger charge is 2.24. The molecule has 0 atom stereocenters. The van der Waals surface area contributed by atoms with E-state index in [-0.39, 0.29) is 0 Å². The molecule has 0 N–H and O–H groups in total. The smallest absolute Gasteiger partial charge is 0.163 e. The highest BCUT2D eigenvalue weighted by Crippen LogP contribution is 2.42. The predicted octanol–water partition coefficient (Wildman–Crippen LogP) is 19.7. The molecule has 0 radical (unpaired) electrons. The quantitative estimate of drug-likeness (QED) is 0.0849. The minimum atomic E-state index is 0.653. The van der Waals surface area contributed by atoms with Crippen LogP contribution in [0.5, 0.6) is 0 Å². The molecule has 11 aromatic carbocycles. The van der Waals surface area contributed by atoms with Gasteiger partial charge in [-0.1, -0.05) is 224 Å². The summed E-state index contributed by atoms with van der Waals surface area (Å²) in [5, 5.41) is 7.79. The number of nitrogens with zero attached hydrogens (tertiary/aromatic N) is 7. The van der Waals surface area contributed by atoms with Crippen molar-refractivity contribution in [3.05, 3.63) is 326 Å². The van der Waals surface area contributed by atoms with Crippen LogP contribution in [0.2, 0.25) is 0 Å². The van der Waals surface area contributed by atoms with Crippen molar-refractivity contribution in [2.45, 2.75) is 13.3 Å². The Balaban J connectivity index is 0.812. The summed E-state index contributed by atoms with van der Waals surface area (Å²) in [5.74, 6) is 0.837. The lowest BCUT2D eigenvalue weighted by Crippen LogP contribution is -2.01. The number of allylic oxidation sites excluding steroid dienone is 1. The molecule has 7 nitrogen and oxygen atoms in total. The van der Waals surface area contributed by atoms with Gasteiger partial charge in [0.15, 0.2) is 5.65 Å². The van der Waals surface area contributed by atoms with Crippen LogP contribution in [-0.4, -0.2) is 35.2 Å². The van der Waals surface area contributed by atoms with Gasteiger partial charge in [0.1, 0.15) is 12.2 Å². The van der Waals surface area contributed by atoms with Crippen LogP contribution < -0.4 is 0 Å². The van der Waals surface area contributed by atoms with E-state index in [9.17, 15) is 0 Å². The van der Waals surface area contributed by atoms with Crippen molar-refractivity contribution in [2.75, 3.05) is 0 Å². The van der Waals surface area contributed by atoms with Gasteiger partial charge in [-0.3, -0.25) is 14.5 Å². The lowest BCUT2D eigenvalue weighted by molar-refractivity contribution is 1.07. The summed E-state index contributed by atoms with van der Waals surface area (Å²) < 4.78 is 2.33. The van der Waals surface area contributed by atoms with E-state index in [1.54, 1.807) is 6.33 Å². The molecule has 0 fully saturated rings. The highest BCUT2D eigenvalue weighted by atomic mass is 15.1. The average molecular weight is 1110 g/mol.